The number of carbonyl (C=O) groups is 1. The first-order valence-electron chi connectivity index (χ1n) is 6.77. The number of hydrogen-bond donors (Lipinski definition) is 3. The summed E-state index contributed by atoms with van der Waals surface area (Å²) in [5.41, 5.74) is 3.56. The SMILES string of the molecule is O=C(O)N1Cc2[nH]c3nnc(-c4ccccc4O)cc3c2C1. The number of benzene rings is 1. The van der Waals surface area contributed by atoms with E-state index in [0.717, 1.165) is 16.6 Å². The maximum absolute atomic E-state index is 11.1. The zero-order valence-electron chi connectivity index (χ0n) is 11.4. The number of para-hydroxylation sites is 1. The standard InChI is InChI=1S/C15H12N4O3/c20-13-4-2-1-3-8(13)11-5-9-10-6-19(15(21)22)7-12(10)16-14(9)18-17-11/h1-5,20H,6-7H2,(H,16,18)(H,21,22). The van der Waals surface area contributed by atoms with E-state index in [1.807, 2.05) is 12.1 Å². The largest absolute Gasteiger partial charge is 0.507 e. The third-order valence-corrected chi connectivity index (χ3v) is 3.90. The number of hydrogen-bond acceptors (Lipinski definition) is 4. The molecule has 1 aliphatic rings. The average Bonchev–Trinajstić information content (AvgIpc) is 3.05. The van der Waals surface area contributed by atoms with E-state index in [1.54, 1.807) is 18.2 Å². The van der Waals surface area contributed by atoms with Gasteiger partial charge in [0, 0.05) is 22.2 Å². The molecule has 0 atom stereocenters. The Hall–Kier alpha value is -3.09. The number of nitrogens with zero attached hydrogens (tertiary/aromatic N) is 3. The second-order valence-corrected chi connectivity index (χ2v) is 5.23. The normalized spacial score (nSPS) is 13.5. The maximum Gasteiger partial charge on any atom is 0.407 e. The highest BCUT2D eigenvalue weighted by atomic mass is 16.4. The van der Waals surface area contributed by atoms with Crippen LogP contribution in [0.1, 0.15) is 11.3 Å². The van der Waals surface area contributed by atoms with Crippen LogP contribution >= 0.6 is 0 Å². The lowest BCUT2D eigenvalue weighted by molar-refractivity contribution is 0.145. The third kappa shape index (κ3) is 1.79. The van der Waals surface area contributed by atoms with Crippen LogP contribution in [0.2, 0.25) is 0 Å². The van der Waals surface area contributed by atoms with Gasteiger partial charge in [-0.25, -0.2) is 4.79 Å². The summed E-state index contributed by atoms with van der Waals surface area (Å²) in [5, 5.41) is 28.2. The summed E-state index contributed by atoms with van der Waals surface area (Å²) in [6.45, 7) is 0.656. The van der Waals surface area contributed by atoms with Crippen LogP contribution in [0.3, 0.4) is 0 Å². The number of rotatable bonds is 1. The fourth-order valence-corrected chi connectivity index (χ4v) is 2.81. The lowest BCUT2D eigenvalue weighted by Crippen LogP contribution is -2.23. The highest BCUT2D eigenvalue weighted by Crippen LogP contribution is 2.33. The van der Waals surface area contributed by atoms with Crippen molar-refractivity contribution >= 4 is 17.1 Å². The van der Waals surface area contributed by atoms with Crippen LogP contribution in [-0.2, 0) is 13.1 Å². The Kier molecular flexibility index (Phi) is 2.56. The molecule has 0 spiro atoms. The van der Waals surface area contributed by atoms with Crippen molar-refractivity contribution in [3.8, 4) is 17.0 Å². The molecule has 7 heteroatoms. The number of phenolic OH excluding ortho intramolecular Hbond substituents is 1. The summed E-state index contributed by atoms with van der Waals surface area (Å²) in [6, 6.07) is 8.74. The van der Waals surface area contributed by atoms with Gasteiger partial charge in [-0.2, -0.15) is 0 Å². The maximum atomic E-state index is 11.1. The van der Waals surface area contributed by atoms with Crippen molar-refractivity contribution in [3.05, 3.63) is 41.6 Å². The predicted molar refractivity (Wildman–Crippen MR) is 78.3 cm³/mol. The number of carboxylic acid groups (broad SMARTS) is 1. The number of aromatic nitrogens is 3. The lowest BCUT2D eigenvalue weighted by atomic mass is 10.1. The molecule has 1 aromatic carbocycles. The Morgan fingerprint density at radius 3 is 2.82 bits per heavy atom. The van der Waals surface area contributed by atoms with Crippen LogP contribution < -0.4 is 0 Å². The Bertz CT molecular complexity index is 903. The first-order chi connectivity index (χ1) is 10.6. The second kappa shape index (κ2) is 4.45. The molecule has 3 aromatic rings. The van der Waals surface area contributed by atoms with Gasteiger partial charge in [0.15, 0.2) is 5.65 Å². The van der Waals surface area contributed by atoms with Gasteiger partial charge in [-0.05, 0) is 18.2 Å². The Labute approximate surface area is 124 Å². The molecule has 1 amide bonds. The second-order valence-electron chi connectivity index (χ2n) is 5.23. The number of H-pyrrole nitrogens is 1. The Morgan fingerprint density at radius 1 is 1.23 bits per heavy atom. The summed E-state index contributed by atoms with van der Waals surface area (Å²) in [4.78, 5) is 15.5. The van der Waals surface area contributed by atoms with E-state index in [2.05, 4.69) is 15.2 Å². The van der Waals surface area contributed by atoms with E-state index in [1.165, 1.54) is 4.90 Å². The Morgan fingerprint density at radius 2 is 2.05 bits per heavy atom. The van der Waals surface area contributed by atoms with Crippen molar-refractivity contribution in [2.75, 3.05) is 0 Å². The van der Waals surface area contributed by atoms with Gasteiger partial charge in [0.2, 0.25) is 0 Å². The minimum Gasteiger partial charge on any atom is -0.507 e. The summed E-state index contributed by atoms with van der Waals surface area (Å²) >= 11 is 0. The van der Waals surface area contributed by atoms with Gasteiger partial charge in [0.25, 0.3) is 0 Å². The first-order valence-corrected chi connectivity index (χ1v) is 6.77. The number of fused-ring (bicyclic) bond motifs is 3. The van der Waals surface area contributed by atoms with Crippen molar-refractivity contribution in [2.45, 2.75) is 13.1 Å². The number of nitrogens with one attached hydrogen (secondary N) is 1. The van der Waals surface area contributed by atoms with Crippen molar-refractivity contribution < 1.29 is 15.0 Å². The van der Waals surface area contributed by atoms with Crippen molar-refractivity contribution in [1.82, 2.24) is 20.1 Å². The molecule has 7 nitrogen and oxygen atoms in total. The van der Waals surface area contributed by atoms with Crippen molar-refractivity contribution in [2.24, 2.45) is 0 Å². The van der Waals surface area contributed by atoms with Gasteiger partial charge >= 0.3 is 6.09 Å². The summed E-state index contributed by atoms with van der Waals surface area (Å²) < 4.78 is 0. The number of aromatic amines is 1. The highest BCUT2D eigenvalue weighted by Gasteiger charge is 2.27. The molecule has 3 heterocycles. The monoisotopic (exact) mass is 296 g/mol. The minimum absolute atomic E-state index is 0.135. The molecular formula is C15H12N4O3. The van der Waals surface area contributed by atoms with E-state index in [-0.39, 0.29) is 5.75 Å². The molecule has 22 heavy (non-hydrogen) atoms. The van der Waals surface area contributed by atoms with E-state index >= 15 is 0 Å². The summed E-state index contributed by atoms with van der Waals surface area (Å²) in [6.07, 6.45) is -0.944. The minimum atomic E-state index is -0.944. The van der Waals surface area contributed by atoms with Gasteiger partial charge in [-0.1, -0.05) is 12.1 Å². The molecule has 2 aromatic heterocycles. The number of phenols is 1. The van der Waals surface area contributed by atoms with Gasteiger partial charge in [-0.3, -0.25) is 4.90 Å². The fourth-order valence-electron chi connectivity index (χ4n) is 2.81. The highest BCUT2D eigenvalue weighted by molar-refractivity contribution is 5.86. The van der Waals surface area contributed by atoms with E-state index in [0.29, 0.717) is 30.0 Å². The van der Waals surface area contributed by atoms with Crippen LogP contribution in [0.5, 0.6) is 5.75 Å². The van der Waals surface area contributed by atoms with E-state index in [9.17, 15) is 9.90 Å². The molecule has 0 unspecified atom stereocenters. The van der Waals surface area contributed by atoms with E-state index < -0.39 is 6.09 Å². The molecule has 0 saturated carbocycles. The van der Waals surface area contributed by atoms with E-state index in [4.69, 9.17) is 5.11 Å². The van der Waals surface area contributed by atoms with Gasteiger partial charge in [0.1, 0.15) is 5.75 Å². The quantitative estimate of drug-likeness (QED) is 0.639. The molecule has 0 bridgehead atoms. The number of amides is 1. The van der Waals surface area contributed by atoms with Gasteiger partial charge < -0.3 is 15.2 Å². The van der Waals surface area contributed by atoms with Gasteiger partial charge in [0.05, 0.1) is 18.8 Å². The fraction of sp³-hybridized carbons (Fsp3) is 0.133. The zero-order valence-corrected chi connectivity index (χ0v) is 11.4. The van der Waals surface area contributed by atoms with Crippen molar-refractivity contribution in [3.63, 3.8) is 0 Å². The van der Waals surface area contributed by atoms with Crippen LogP contribution in [-0.4, -0.2) is 36.4 Å². The molecule has 0 saturated heterocycles. The van der Waals surface area contributed by atoms with Crippen molar-refractivity contribution in [1.29, 1.82) is 0 Å². The Balaban J connectivity index is 1.84. The molecule has 0 aliphatic carbocycles. The average molecular weight is 296 g/mol. The predicted octanol–water partition coefficient (Wildman–Crippen LogP) is 2.32. The van der Waals surface area contributed by atoms with Crippen LogP contribution in [0.15, 0.2) is 30.3 Å². The topological polar surface area (TPSA) is 102 Å². The molecule has 1 aliphatic heterocycles. The molecule has 3 N–H and O–H groups in total. The number of aromatic hydroxyl groups is 1. The zero-order chi connectivity index (χ0) is 15.3. The summed E-state index contributed by atoms with van der Waals surface area (Å²) in [5.74, 6) is 0.135. The smallest absolute Gasteiger partial charge is 0.407 e. The molecule has 4 rings (SSSR count). The summed E-state index contributed by atoms with van der Waals surface area (Å²) in [7, 11) is 0. The van der Waals surface area contributed by atoms with Crippen LogP contribution in [0.25, 0.3) is 22.3 Å². The molecular weight excluding hydrogens is 284 g/mol. The van der Waals surface area contributed by atoms with Crippen LogP contribution in [0.4, 0.5) is 4.79 Å². The lowest BCUT2D eigenvalue weighted by Gasteiger charge is -2.10. The molecule has 0 fully saturated rings. The third-order valence-electron chi connectivity index (χ3n) is 3.90. The first kappa shape index (κ1) is 12.6. The molecule has 0 radical (unpaired) electrons. The molecule has 110 valence electrons. The van der Waals surface area contributed by atoms with Crippen LogP contribution in [0, 0.1) is 0 Å². The van der Waals surface area contributed by atoms with Gasteiger partial charge in [-0.15, -0.1) is 10.2 Å².